The quantitative estimate of drug-likeness (QED) is 0.0575. The highest BCUT2D eigenvalue weighted by atomic mass is 16.6. The Morgan fingerprint density at radius 1 is 0.591 bits per heavy atom. The number of carbonyl (C=O) groups excluding carboxylic acids is 1. The summed E-state index contributed by atoms with van der Waals surface area (Å²) in [5.41, 5.74) is 0. The molecular weight excluding hydrogens is 540 g/mol. The van der Waals surface area contributed by atoms with Crippen LogP contribution in [-0.4, -0.2) is 55.7 Å². The van der Waals surface area contributed by atoms with Crippen molar-refractivity contribution >= 4 is 6.09 Å². The zero-order chi connectivity index (χ0) is 32.4. The second-order valence-electron chi connectivity index (χ2n) is 12.7. The molecule has 0 N–H and O–H groups in total. The molecule has 0 aromatic rings. The smallest absolute Gasteiger partial charge is 0.410 e. The van der Waals surface area contributed by atoms with Crippen molar-refractivity contribution in [2.75, 3.05) is 33.7 Å². The summed E-state index contributed by atoms with van der Waals surface area (Å²) in [4.78, 5) is 16.9. The number of ether oxygens (including phenoxy) is 1. The van der Waals surface area contributed by atoms with Gasteiger partial charge in [0.25, 0.3) is 0 Å². The number of allylic oxidation sites excluding steroid dienone is 8. The van der Waals surface area contributed by atoms with Gasteiger partial charge in [0.15, 0.2) is 0 Å². The molecule has 0 rings (SSSR count). The molecule has 1 unspecified atom stereocenters. The molecule has 0 radical (unpaired) electrons. The standard InChI is InChI=1S/C40H74N2O2/c1-6-9-11-13-15-17-19-20-21-22-23-24-26-28-30-32-34-36-39(44-40(43)42(8-3)38-37-41(4)5)35-33-31-29-27-25-18-16-14-12-10-7-2/h7,10,14-17,20-21,39H,6,8-9,11-13,18-19,22-38H2,1-5H3/b10-7-,16-14-,17-15-,21-20-. The van der Waals surface area contributed by atoms with E-state index in [2.05, 4.69) is 81.5 Å². The molecule has 4 heteroatoms. The maximum absolute atomic E-state index is 12.9. The SMILES string of the molecule is C/C=C\C/C=C\CCCCCCCC(CCCCCCCCC/C=C\C/C=C\CCCCC)OC(=O)N(CC)CCN(C)C. The van der Waals surface area contributed by atoms with Gasteiger partial charge in [-0.3, -0.25) is 0 Å². The van der Waals surface area contributed by atoms with Gasteiger partial charge in [-0.15, -0.1) is 0 Å². The van der Waals surface area contributed by atoms with Crippen LogP contribution in [0.15, 0.2) is 48.6 Å². The van der Waals surface area contributed by atoms with E-state index in [1.165, 1.54) is 103 Å². The number of rotatable bonds is 31. The molecule has 256 valence electrons. The van der Waals surface area contributed by atoms with Crippen LogP contribution in [-0.2, 0) is 4.74 Å². The van der Waals surface area contributed by atoms with Crippen LogP contribution >= 0.6 is 0 Å². The van der Waals surface area contributed by atoms with E-state index < -0.39 is 0 Å². The maximum Gasteiger partial charge on any atom is 0.410 e. The van der Waals surface area contributed by atoms with Gasteiger partial charge in [0.2, 0.25) is 0 Å². The lowest BCUT2D eigenvalue weighted by molar-refractivity contribution is 0.0524. The Labute approximate surface area is 275 Å². The molecule has 0 spiro atoms. The summed E-state index contributed by atoms with van der Waals surface area (Å²) in [6.45, 7) is 8.68. The van der Waals surface area contributed by atoms with Crippen LogP contribution in [0.3, 0.4) is 0 Å². The van der Waals surface area contributed by atoms with Crippen molar-refractivity contribution in [1.82, 2.24) is 9.80 Å². The highest BCUT2D eigenvalue weighted by Gasteiger charge is 2.19. The Kier molecular flexibility index (Phi) is 32.7. The van der Waals surface area contributed by atoms with E-state index in [-0.39, 0.29) is 12.2 Å². The fourth-order valence-electron chi connectivity index (χ4n) is 5.31. The van der Waals surface area contributed by atoms with Gasteiger partial charge in [-0.2, -0.15) is 0 Å². The molecule has 0 bridgehead atoms. The van der Waals surface area contributed by atoms with E-state index >= 15 is 0 Å². The van der Waals surface area contributed by atoms with Gasteiger partial charge in [-0.25, -0.2) is 4.79 Å². The van der Waals surface area contributed by atoms with Crippen molar-refractivity contribution in [3.8, 4) is 0 Å². The Hall–Kier alpha value is -1.81. The van der Waals surface area contributed by atoms with Crippen molar-refractivity contribution in [1.29, 1.82) is 0 Å². The molecule has 0 aliphatic heterocycles. The Bertz CT molecular complexity index is 725. The van der Waals surface area contributed by atoms with Crippen molar-refractivity contribution < 1.29 is 9.53 Å². The number of amides is 1. The minimum atomic E-state index is -0.124. The normalized spacial score (nSPS) is 13.0. The first kappa shape index (κ1) is 42.2. The van der Waals surface area contributed by atoms with E-state index in [0.29, 0.717) is 6.54 Å². The first-order chi connectivity index (χ1) is 21.5. The molecule has 44 heavy (non-hydrogen) atoms. The Morgan fingerprint density at radius 3 is 1.50 bits per heavy atom. The summed E-state index contributed by atoms with van der Waals surface area (Å²) in [6, 6.07) is 0. The Morgan fingerprint density at radius 2 is 1.05 bits per heavy atom. The van der Waals surface area contributed by atoms with Gasteiger partial charge in [-0.05, 0) is 105 Å². The van der Waals surface area contributed by atoms with E-state index in [4.69, 9.17) is 4.74 Å². The molecule has 0 aromatic carbocycles. The van der Waals surface area contributed by atoms with Gasteiger partial charge in [0.05, 0.1) is 0 Å². The average Bonchev–Trinajstić information content (AvgIpc) is 3.01. The largest absolute Gasteiger partial charge is 0.446 e. The molecule has 0 aliphatic carbocycles. The van der Waals surface area contributed by atoms with Crippen LogP contribution in [0.5, 0.6) is 0 Å². The van der Waals surface area contributed by atoms with Gasteiger partial charge >= 0.3 is 6.09 Å². The molecule has 1 amide bonds. The van der Waals surface area contributed by atoms with Crippen molar-refractivity contribution in [3.63, 3.8) is 0 Å². The zero-order valence-corrected chi connectivity index (χ0v) is 30.1. The van der Waals surface area contributed by atoms with Crippen molar-refractivity contribution in [2.45, 2.75) is 168 Å². The molecule has 0 aromatic heterocycles. The lowest BCUT2D eigenvalue weighted by Crippen LogP contribution is -2.38. The maximum atomic E-state index is 12.9. The van der Waals surface area contributed by atoms with Crippen molar-refractivity contribution in [3.05, 3.63) is 48.6 Å². The summed E-state index contributed by atoms with van der Waals surface area (Å²) in [5.74, 6) is 0. The third-order valence-corrected chi connectivity index (χ3v) is 8.27. The summed E-state index contributed by atoms with van der Waals surface area (Å²) < 4.78 is 6.10. The number of unbranched alkanes of at least 4 members (excludes halogenated alkanes) is 15. The minimum absolute atomic E-state index is 0.0587. The fraction of sp³-hybridized carbons (Fsp3) is 0.775. The van der Waals surface area contributed by atoms with E-state index in [0.717, 1.165) is 51.6 Å². The number of hydrogen-bond donors (Lipinski definition) is 0. The molecular formula is C40H74N2O2. The van der Waals surface area contributed by atoms with Gasteiger partial charge in [-0.1, -0.05) is 120 Å². The molecule has 4 nitrogen and oxygen atoms in total. The lowest BCUT2D eigenvalue weighted by Gasteiger charge is -2.26. The van der Waals surface area contributed by atoms with Crippen LogP contribution in [0, 0.1) is 0 Å². The van der Waals surface area contributed by atoms with Crippen molar-refractivity contribution in [2.24, 2.45) is 0 Å². The third kappa shape index (κ3) is 30.2. The van der Waals surface area contributed by atoms with Crippen LogP contribution < -0.4 is 0 Å². The predicted octanol–water partition coefficient (Wildman–Crippen LogP) is 12.2. The first-order valence-electron chi connectivity index (χ1n) is 18.7. The van der Waals surface area contributed by atoms with Gasteiger partial charge in [0, 0.05) is 19.6 Å². The van der Waals surface area contributed by atoms with E-state index in [9.17, 15) is 4.79 Å². The average molecular weight is 615 g/mol. The van der Waals surface area contributed by atoms with Gasteiger partial charge < -0.3 is 14.5 Å². The molecule has 1 atom stereocenters. The van der Waals surface area contributed by atoms with Crippen LogP contribution in [0.4, 0.5) is 4.79 Å². The van der Waals surface area contributed by atoms with E-state index in [1.54, 1.807) is 0 Å². The predicted molar refractivity (Wildman–Crippen MR) is 196 cm³/mol. The second-order valence-corrected chi connectivity index (χ2v) is 12.7. The highest BCUT2D eigenvalue weighted by molar-refractivity contribution is 5.67. The van der Waals surface area contributed by atoms with Crippen LogP contribution in [0.25, 0.3) is 0 Å². The molecule has 0 saturated heterocycles. The third-order valence-electron chi connectivity index (χ3n) is 8.27. The number of hydrogen-bond acceptors (Lipinski definition) is 3. The molecule has 0 aliphatic rings. The Balaban J connectivity index is 4.21. The molecule has 0 heterocycles. The number of likely N-dealkylation sites (N-methyl/N-ethyl adjacent to an activating group) is 2. The number of carbonyl (C=O) groups is 1. The summed E-state index contributed by atoms with van der Waals surface area (Å²) in [7, 11) is 4.10. The summed E-state index contributed by atoms with van der Waals surface area (Å²) >= 11 is 0. The first-order valence-corrected chi connectivity index (χ1v) is 18.7. The topological polar surface area (TPSA) is 32.8 Å². The van der Waals surface area contributed by atoms with E-state index in [1.807, 2.05) is 11.8 Å². The molecule has 0 saturated carbocycles. The van der Waals surface area contributed by atoms with Crippen LogP contribution in [0.1, 0.15) is 162 Å². The summed E-state index contributed by atoms with van der Waals surface area (Å²) in [6.07, 6.45) is 45.2. The zero-order valence-electron chi connectivity index (χ0n) is 30.1. The number of nitrogens with zero attached hydrogens (tertiary/aromatic N) is 2. The second kappa shape index (κ2) is 34.1. The highest BCUT2D eigenvalue weighted by Crippen LogP contribution is 2.18. The molecule has 0 fully saturated rings. The minimum Gasteiger partial charge on any atom is -0.446 e. The monoisotopic (exact) mass is 615 g/mol. The fourth-order valence-corrected chi connectivity index (χ4v) is 5.31. The van der Waals surface area contributed by atoms with Gasteiger partial charge in [0.1, 0.15) is 6.10 Å². The van der Waals surface area contributed by atoms with Crippen LogP contribution in [0.2, 0.25) is 0 Å². The lowest BCUT2D eigenvalue weighted by atomic mass is 10.0. The summed E-state index contributed by atoms with van der Waals surface area (Å²) in [5, 5.41) is 0.